The van der Waals surface area contributed by atoms with Gasteiger partial charge in [-0.25, -0.2) is 0 Å². The number of hydrogen-bond acceptors (Lipinski definition) is 3. The summed E-state index contributed by atoms with van der Waals surface area (Å²) in [5.41, 5.74) is 7.74. The monoisotopic (exact) mass is 245 g/mol. The summed E-state index contributed by atoms with van der Waals surface area (Å²) in [5, 5.41) is 4.41. The van der Waals surface area contributed by atoms with Crippen molar-refractivity contribution in [2.24, 2.45) is 5.73 Å². The van der Waals surface area contributed by atoms with Gasteiger partial charge in [0, 0.05) is 31.3 Å². The number of benzene rings is 1. The zero-order valence-corrected chi connectivity index (χ0v) is 10.7. The quantitative estimate of drug-likeness (QED) is 0.793. The third kappa shape index (κ3) is 3.34. The van der Waals surface area contributed by atoms with Crippen LogP contribution in [0.15, 0.2) is 36.5 Å². The molecule has 4 heteroatoms. The van der Waals surface area contributed by atoms with Crippen LogP contribution < -0.4 is 10.5 Å². The largest absolute Gasteiger partial charge is 0.494 e. The molecule has 96 valence electrons. The van der Waals surface area contributed by atoms with E-state index in [4.69, 9.17) is 10.5 Å². The lowest BCUT2D eigenvalue weighted by atomic mass is 10.3. The summed E-state index contributed by atoms with van der Waals surface area (Å²) >= 11 is 0. The lowest BCUT2D eigenvalue weighted by Gasteiger charge is -2.05. The van der Waals surface area contributed by atoms with Gasteiger partial charge in [-0.15, -0.1) is 0 Å². The molecule has 0 saturated heterocycles. The minimum atomic E-state index is 0.548. The molecular formula is C14H19N3O. The smallest absolute Gasteiger partial charge is 0.119 e. The molecule has 0 bridgehead atoms. The molecule has 0 aliphatic heterocycles. The Morgan fingerprint density at radius 1 is 1.28 bits per heavy atom. The molecule has 0 saturated carbocycles. The molecule has 0 aliphatic rings. The zero-order chi connectivity index (χ0) is 12.8. The summed E-state index contributed by atoms with van der Waals surface area (Å²) in [6, 6.07) is 9.85. The summed E-state index contributed by atoms with van der Waals surface area (Å²) in [6.45, 7) is 4.08. The second-order valence-electron chi connectivity index (χ2n) is 4.22. The fraction of sp³-hybridized carbons (Fsp3) is 0.357. The van der Waals surface area contributed by atoms with Gasteiger partial charge >= 0.3 is 0 Å². The average molecular weight is 245 g/mol. The van der Waals surface area contributed by atoms with Crippen molar-refractivity contribution in [3.8, 4) is 5.75 Å². The van der Waals surface area contributed by atoms with Crippen molar-refractivity contribution in [2.45, 2.75) is 26.4 Å². The maximum Gasteiger partial charge on any atom is 0.119 e. The molecule has 0 spiro atoms. The second-order valence-corrected chi connectivity index (χ2v) is 4.22. The molecule has 2 rings (SSSR count). The maximum absolute atomic E-state index is 5.63. The third-order valence-electron chi connectivity index (χ3n) is 2.81. The first-order valence-electron chi connectivity index (χ1n) is 6.20. The first-order chi connectivity index (χ1) is 8.79. The van der Waals surface area contributed by atoms with Crippen molar-refractivity contribution in [2.75, 3.05) is 6.61 Å². The molecular weight excluding hydrogens is 226 g/mol. The fourth-order valence-corrected chi connectivity index (χ4v) is 1.81. The van der Waals surface area contributed by atoms with Crippen LogP contribution in [0.4, 0.5) is 0 Å². The van der Waals surface area contributed by atoms with Crippen LogP contribution >= 0.6 is 0 Å². The number of rotatable bonds is 6. The molecule has 1 aromatic heterocycles. The fourth-order valence-electron chi connectivity index (χ4n) is 1.81. The minimum absolute atomic E-state index is 0.548. The summed E-state index contributed by atoms with van der Waals surface area (Å²) in [4.78, 5) is 0. The van der Waals surface area contributed by atoms with Crippen LogP contribution in [0.3, 0.4) is 0 Å². The predicted molar refractivity (Wildman–Crippen MR) is 71.4 cm³/mol. The van der Waals surface area contributed by atoms with Crippen molar-refractivity contribution < 1.29 is 4.74 Å². The number of ether oxygens (including phenoxy) is 1. The highest BCUT2D eigenvalue weighted by Gasteiger charge is 2.02. The van der Waals surface area contributed by atoms with E-state index in [0.29, 0.717) is 13.2 Å². The highest BCUT2D eigenvalue weighted by Crippen LogP contribution is 2.09. The number of para-hydroxylation sites is 1. The average Bonchev–Trinajstić information content (AvgIpc) is 2.76. The molecule has 4 nitrogen and oxygen atoms in total. The van der Waals surface area contributed by atoms with Crippen LogP contribution in [0, 0.1) is 6.92 Å². The first-order valence-corrected chi connectivity index (χ1v) is 6.20. The van der Waals surface area contributed by atoms with E-state index >= 15 is 0 Å². The molecule has 0 radical (unpaired) electrons. The van der Waals surface area contributed by atoms with Gasteiger partial charge in [-0.05, 0) is 19.1 Å². The number of nitrogens with zero attached hydrogens (tertiary/aromatic N) is 2. The van der Waals surface area contributed by atoms with E-state index in [1.54, 1.807) is 0 Å². The highest BCUT2D eigenvalue weighted by atomic mass is 16.5. The molecule has 0 amide bonds. The minimum Gasteiger partial charge on any atom is -0.494 e. The van der Waals surface area contributed by atoms with Gasteiger partial charge in [0.15, 0.2) is 0 Å². The lowest BCUT2D eigenvalue weighted by Crippen LogP contribution is -2.05. The van der Waals surface area contributed by atoms with Gasteiger partial charge in [0.05, 0.1) is 12.3 Å². The Hall–Kier alpha value is -1.81. The Balaban J connectivity index is 1.75. The summed E-state index contributed by atoms with van der Waals surface area (Å²) in [6.07, 6.45) is 2.94. The van der Waals surface area contributed by atoms with Crippen molar-refractivity contribution in [1.82, 2.24) is 9.78 Å². The normalized spacial score (nSPS) is 10.6. The summed E-state index contributed by atoms with van der Waals surface area (Å²) in [7, 11) is 0. The van der Waals surface area contributed by atoms with Gasteiger partial charge in [-0.3, -0.25) is 4.68 Å². The van der Waals surface area contributed by atoms with Crippen LogP contribution in [-0.2, 0) is 13.1 Å². The van der Waals surface area contributed by atoms with E-state index in [9.17, 15) is 0 Å². The molecule has 0 unspecified atom stereocenters. The topological polar surface area (TPSA) is 53.1 Å². The Bertz CT molecular complexity index is 479. The van der Waals surface area contributed by atoms with Crippen molar-refractivity contribution >= 4 is 0 Å². The van der Waals surface area contributed by atoms with E-state index in [1.807, 2.05) is 48.1 Å². The third-order valence-corrected chi connectivity index (χ3v) is 2.81. The van der Waals surface area contributed by atoms with E-state index in [-0.39, 0.29) is 0 Å². The Kier molecular flexibility index (Phi) is 4.36. The SMILES string of the molecule is Cc1nn(CCCOc2ccccc2)cc1CN. The predicted octanol–water partition coefficient (Wildman–Crippen LogP) is 2.12. The number of aromatic nitrogens is 2. The molecule has 1 aromatic carbocycles. The van der Waals surface area contributed by atoms with E-state index in [0.717, 1.165) is 30.0 Å². The molecule has 18 heavy (non-hydrogen) atoms. The molecule has 0 aliphatic carbocycles. The number of hydrogen-bond donors (Lipinski definition) is 1. The zero-order valence-electron chi connectivity index (χ0n) is 10.7. The second kappa shape index (κ2) is 6.21. The Labute approximate surface area is 107 Å². The molecule has 0 fully saturated rings. The lowest BCUT2D eigenvalue weighted by molar-refractivity contribution is 0.298. The number of nitrogens with two attached hydrogens (primary N) is 1. The molecule has 2 aromatic rings. The highest BCUT2D eigenvalue weighted by molar-refractivity contribution is 5.20. The first kappa shape index (κ1) is 12.6. The van der Waals surface area contributed by atoms with E-state index < -0.39 is 0 Å². The van der Waals surface area contributed by atoms with Gasteiger partial charge in [0.2, 0.25) is 0 Å². The Morgan fingerprint density at radius 2 is 2.06 bits per heavy atom. The standard InChI is InChI=1S/C14H19N3O/c1-12-13(10-15)11-17(16-12)8-5-9-18-14-6-3-2-4-7-14/h2-4,6-7,11H,5,8-10,15H2,1H3. The van der Waals surface area contributed by atoms with Crippen molar-refractivity contribution in [3.63, 3.8) is 0 Å². The van der Waals surface area contributed by atoms with Crippen LogP contribution in [0.2, 0.25) is 0 Å². The summed E-state index contributed by atoms with van der Waals surface area (Å²) in [5.74, 6) is 0.914. The molecule has 0 atom stereocenters. The number of aryl methyl sites for hydroxylation is 2. The molecule has 1 heterocycles. The summed E-state index contributed by atoms with van der Waals surface area (Å²) < 4.78 is 7.56. The maximum atomic E-state index is 5.63. The molecule has 2 N–H and O–H groups in total. The van der Waals surface area contributed by atoms with E-state index in [1.165, 1.54) is 0 Å². The van der Waals surface area contributed by atoms with Crippen LogP contribution in [0.25, 0.3) is 0 Å². The van der Waals surface area contributed by atoms with Gasteiger partial charge < -0.3 is 10.5 Å². The van der Waals surface area contributed by atoms with Crippen LogP contribution in [0.1, 0.15) is 17.7 Å². The van der Waals surface area contributed by atoms with Crippen LogP contribution in [0.5, 0.6) is 5.75 Å². The van der Waals surface area contributed by atoms with Crippen molar-refractivity contribution in [1.29, 1.82) is 0 Å². The van der Waals surface area contributed by atoms with Crippen molar-refractivity contribution in [3.05, 3.63) is 47.8 Å². The Morgan fingerprint density at radius 3 is 2.72 bits per heavy atom. The van der Waals surface area contributed by atoms with Crippen LogP contribution in [-0.4, -0.2) is 16.4 Å². The van der Waals surface area contributed by atoms with Gasteiger partial charge in [0.1, 0.15) is 5.75 Å². The van der Waals surface area contributed by atoms with Gasteiger partial charge in [-0.1, -0.05) is 18.2 Å². The van der Waals surface area contributed by atoms with Gasteiger partial charge in [0.25, 0.3) is 0 Å². The van der Waals surface area contributed by atoms with E-state index in [2.05, 4.69) is 5.10 Å². The van der Waals surface area contributed by atoms with Gasteiger partial charge in [-0.2, -0.15) is 5.10 Å².